The number of nitrogens with zero attached hydrogens (tertiary/aromatic N) is 4. The predicted octanol–water partition coefficient (Wildman–Crippen LogP) is 4.31. The van der Waals surface area contributed by atoms with Gasteiger partial charge in [-0.05, 0) is 50.6 Å². The van der Waals surface area contributed by atoms with E-state index in [0.717, 1.165) is 27.6 Å². The first-order valence-corrected chi connectivity index (χ1v) is 12.4. The molecule has 7 heteroatoms. The summed E-state index contributed by atoms with van der Waals surface area (Å²) in [6, 6.07) is 22.9. The van der Waals surface area contributed by atoms with Crippen LogP contribution in [0.25, 0.3) is 27.6 Å². The predicted molar refractivity (Wildman–Crippen MR) is 147 cm³/mol. The normalized spacial score (nSPS) is 11.4. The molecule has 0 atom stereocenters. The van der Waals surface area contributed by atoms with Crippen molar-refractivity contribution in [1.29, 1.82) is 0 Å². The van der Waals surface area contributed by atoms with Gasteiger partial charge in [0, 0.05) is 25.5 Å². The van der Waals surface area contributed by atoms with Crippen LogP contribution in [-0.2, 0) is 24.9 Å². The highest BCUT2D eigenvalue weighted by atomic mass is 16.2. The van der Waals surface area contributed by atoms with Gasteiger partial charge >= 0.3 is 5.69 Å². The standard InChI is InChI=1S/C30H30N4O3/c1-5-32(18-22-9-7-6-8-10-22)26(35)19-33-27-24-17-21(3)13-16-25(24)31(4)28(27)29(36)34(30(33)37)23-14-11-20(2)12-15-23/h6-17H,5,18-19H2,1-4H3. The Bertz CT molecular complexity index is 1740. The van der Waals surface area contributed by atoms with Crippen molar-refractivity contribution in [1.82, 2.24) is 18.6 Å². The van der Waals surface area contributed by atoms with E-state index >= 15 is 0 Å². The van der Waals surface area contributed by atoms with Crippen LogP contribution in [-0.4, -0.2) is 31.1 Å². The number of hydrogen-bond donors (Lipinski definition) is 0. The summed E-state index contributed by atoms with van der Waals surface area (Å²) in [7, 11) is 1.82. The number of benzene rings is 3. The summed E-state index contributed by atoms with van der Waals surface area (Å²) in [6.45, 7) is 6.62. The fourth-order valence-electron chi connectivity index (χ4n) is 4.95. The van der Waals surface area contributed by atoms with E-state index in [9.17, 15) is 14.4 Å². The van der Waals surface area contributed by atoms with Crippen LogP contribution in [0.2, 0.25) is 0 Å². The lowest BCUT2D eigenvalue weighted by atomic mass is 10.1. The van der Waals surface area contributed by atoms with Gasteiger partial charge in [0.05, 0.1) is 16.7 Å². The summed E-state index contributed by atoms with van der Waals surface area (Å²) in [4.78, 5) is 43.1. The maximum Gasteiger partial charge on any atom is 0.336 e. The van der Waals surface area contributed by atoms with Crippen LogP contribution in [0.4, 0.5) is 0 Å². The molecular weight excluding hydrogens is 464 g/mol. The third-order valence-electron chi connectivity index (χ3n) is 6.96. The van der Waals surface area contributed by atoms with Gasteiger partial charge in [0.25, 0.3) is 5.56 Å². The average Bonchev–Trinajstić information content (AvgIpc) is 3.18. The monoisotopic (exact) mass is 494 g/mol. The third-order valence-corrected chi connectivity index (χ3v) is 6.96. The molecule has 0 aliphatic carbocycles. The van der Waals surface area contributed by atoms with E-state index in [-0.39, 0.29) is 12.5 Å². The molecular formula is C30H30N4O3. The molecule has 5 aromatic rings. The molecule has 0 saturated heterocycles. The number of carbonyl (C=O) groups is 1. The molecule has 0 saturated carbocycles. The van der Waals surface area contributed by atoms with Crippen molar-refractivity contribution in [2.45, 2.75) is 33.9 Å². The molecule has 0 spiro atoms. The van der Waals surface area contributed by atoms with Crippen LogP contribution in [0, 0.1) is 13.8 Å². The second-order valence-electron chi connectivity index (χ2n) is 9.52. The fraction of sp³-hybridized carbons (Fsp3) is 0.233. The highest BCUT2D eigenvalue weighted by molar-refractivity contribution is 6.06. The summed E-state index contributed by atoms with van der Waals surface area (Å²) in [5.74, 6) is -0.187. The summed E-state index contributed by atoms with van der Waals surface area (Å²) >= 11 is 0. The number of rotatable bonds is 6. The summed E-state index contributed by atoms with van der Waals surface area (Å²) in [6.07, 6.45) is 0. The Morgan fingerprint density at radius 2 is 1.54 bits per heavy atom. The minimum atomic E-state index is -0.528. The summed E-state index contributed by atoms with van der Waals surface area (Å²) in [5.41, 5.74) is 4.29. The zero-order chi connectivity index (χ0) is 26.3. The first kappa shape index (κ1) is 24.3. The molecule has 0 fully saturated rings. The van der Waals surface area contributed by atoms with Crippen molar-refractivity contribution in [2.24, 2.45) is 7.05 Å². The van der Waals surface area contributed by atoms with Gasteiger partial charge in [-0.3, -0.25) is 14.2 Å². The number of aryl methyl sites for hydroxylation is 3. The van der Waals surface area contributed by atoms with Crippen LogP contribution in [0.5, 0.6) is 0 Å². The van der Waals surface area contributed by atoms with Gasteiger partial charge in [0.1, 0.15) is 12.1 Å². The van der Waals surface area contributed by atoms with Crippen molar-refractivity contribution in [2.75, 3.05) is 6.54 Å². The molecule has 0 bridgehead atoms. The molecule has 3 aromatic carbocycles. The van der Waals surface area contributed by atoms with Gasteiger partial charge in [-0.15, -0.1) is 0 Å². The zero-order valence-electron chi connectivity index (χ0n) is 21.6. The number of carbonyl (C=O) groups excluding carboxylic acids is 1. The molecule has 0 aliphatic heterocycles. The molecule has 0 N–H and O–H groups in total. The van der Waals surface area contributed by atoms with Gasteiger partial charge in [-0.1, -0.05) is 59.7 Å². The molecule has 0 radical (unpaired) electrons. The molecule has 2 heterocycles. The van der Waals surface area contributed by atoms with E-state index < -0.39 is 11.2 Å². The molecule has 5 rings (SSSR count). The maximum atomic E-state index is 14.0. The average molecular weight is 495 g/mol. The fourth-order valence-corrected chi connectivity index (χ4v) is 4.95. The second-order valence-corrected chi connectivity index (χ2v) is 9.52. The first-order chi connectivity index (χ1) is 17.8. The van der Waals surface area contributed by atoms with Crippen molar-refractivity contribution in [3.63, 3.8) is 0 Å². The van der Waals surface area contributed by atoms with Crippen LogP contribution in [0.15, 0.2) is 82.4 Å². The quantitative estimate of drug-likeness (QED) is 0.353. The number of fused-ring (bicyclic) bond motifs is 3. The molecule has 1 amide bonds. The van der Waals surface area contributed by atoms with E-state index in [1.54, 1.807) is 17.0 Å². The lowest BCUT2D eigenvalue weighted by Gasteiger charge is -2.22. The van der Waals surface area contributed by atoms with E-state index in [1.165, 1.54) is 9.13 Å². The van der Waals surface area contributed by atoms with Gasteiger partial charge in [0.15, 0.2) is 0 Å². The van der Waals surface area contributed by atoms with Crippen LogP contribution < -0.4 is 11.2 Å². The number of aromatic nitrogens is 3. The highest BCUT2D eigenvalue weighted by Gasteiger charge is 2.24. The van der Waals surface area contributed by atoms with Crippen molar-refractivity contribution < 1.29 is 4.79 Å². The second kappa shape index (κ2) is 9.58. The Hall–Kier alpha value is -4.39. The van der Waals surface area contributed by atoms with Gasteiger partial charge in [0.2, 0.25) is 5.91 Å². The SMILES string of the molecule is CCN(Cc1ccccc1)C(=O)Cn1c(=O)n(-c2ccc(C)cc2)c(=O)c2c1c1cc(C)ccc1n2C. The number of amides is 1. The van der Waals surface area contributed by atoms with Gasteiger partial charge < -0.3 is 9.47 Å². The first-order valence-electron chi connectivity index (χ1n) is 12.4. The Kier molecular flexibility index (Phi) is 6.29. The molecule has 37 heavy (non-hydrogen) atoms. The smallest absolute Gasteiger partial charge is 0.336 e. The van der Waals surface area contributed by atoms with E-state index in [0.29, 0.717) is 29.8 Å². The summed E-state index contributed by atoms with van der Waals surface area (Å²) in [5, 5.41) is 0.779. The molecule has 7 nitrogen and oxygen atoms in total. The summed E-state index contributed by atoms with van der Waals surface area (Å²) < 4.78 is 4.46. The lowest BCUT2D eigenvalue weighted by molar-refractivity contribution is -0.132. The molecule has 0 unspecified atom stereocenters. The van der Waals surface area contributed by atoms with Crippen molar-refractivity contribution in [3.05, 3.63) is 110 Å². The number of hydrogen-bond acceptors (Lipinski definition) is 3. The number of likely N-dealkylation sites (N-methyl/N-ethyl adjacent to an activating group) is 1. The minimum absolute atomic E-state index is 0.171. The van der Waals surface area contributed by atoms with Crippen LogP contribution in [0.3, 0.4) is 0 Å². The Morgan fingerprint density at radius 1 is 0.865 bits per heavy atom. The minimum Gasteiger partial charge on any atom is -0.338 e. The molecule has 2 aromatic heterocycles. The van der Waals surface area contributed by atoms with Crippen LogP contribution >= 0.6 is 0 Å². The van der Waals surface area contributed by atoms with Crippen molar-refractivity contribution in [3.8, 4) is 5.69 Å². The topological polar surface area (TPSA) is 69.2 Å². The maximum absolute atomic E-state index is 14.0. The van der Waals surface area contributed by atoms with E-state index in [4.69, 9.17) is 0 Å². The van der Waals surface area contributed by atoms with Crippen LogP contribution in [0.1, 0.15) is 23.6 Å². The Morgan fingerprint density at radius 3 is 2.22 bits per heavy atom. The molecule has 0 aliphatic rings. The molecule has 188 valence electrons. The Labute approximate surface area is 214 Å². The third kappa shape index (κ3) is 4.27. The highest BCUT2D eigenvalue weighted by Crippen LogP contribution is 2.27. The largest absolute Gasteiger partial charge is 0.338 e. The zero-order valence-corrected chi connectivity index (χ0v) is 21.6. The van der Waals surface area contributed by atoms with E-state index in [1.807, 2.05) is 93.0 Å². The van der Waals surface area contributed by atoms with Gasteiger partial charge in [-0.25, -0.2) is 9.36 Å². The van der Waals surface area contributed by atoms with Crippen molar-refractivity contribution >= 4 is 27.8 Å². The van der Waals surface area contributed by atoms with Gasteiger partial charge in [-0.2, -0.15) is 0 Å². The van der Waals surface area contributed by atoms with E-state index in [2.05, 4.69) is 0 Å². The Balaban J connectivity index is 1.74. The lowest BCUT2D eigenvalue weighted by Crippen LogP contribution is -2.43.